The van der Waals surface area contributed by atoms with Crippen molar-refractivity contribution in [3.63, 3.8) is 0 Å². The van der Waals surface area contributed by atoms with Crippen LogP contribution < -0.4 is 10.6 Å². The molecule has 1 aromatic rings. The number of aryl methyl sites for hydroxylation is 1. The quantitative estimate of drug-likeness (QED) is 0.892. The summed E-state index contributed by atoms with van der Waals surface area (Å²) in [5.74, 6) is 0.138. The van der Waals surface area contributed by atoms with E-state index in [4.69, 9.17) is 0 Å². The van der Waals surface area contributed by atoms with E-state index in [0.29, 0.717) is 12.5 Å². The second kappa shape index (κ2) is 9.53. The van der Waals surface area contributed by atoms with Gasteiger partial charge in [0.25, 0.3) is 0 Å². The van der Waals surface area contributed by atoms with Crippen molar-refractivity contribution in [1.29, 1.82) is 0 Å². The summed E-state index contributed by atoms with van der Waals surface area (Å²) in [6.45, 7) is 3.19. The molecule has 0 saturated carbocycles. The Labute approximate surface area is 130 Å². The maximum Gasteiger partial charge on any atom is 0.220 e. The summed E-state index contributed by atoms with van der Waals surface area (Å²) in [6, 6.07) is 0.665. The van der Waals surface area contributed by atoms with E-state index in [0.717, 1.165) is 31.5 Å². The molecule has 2 atom stereocenters. The molecule has 2 heterocycles. The molecule has 0 bridgehead atoms. The number of amides is 1. The molecule has 19 heavy (non-hydrogen) atoms. The highest BCUT2D eigenvalue weighted by Crippen LogP contribution is 2.09. The van der Waals surface area contributed by atoms with E-state index in [1.54, 1.807) is 16.8 Å². The first-order chi connectivity index (χ1) is 8.25. The normalized spacial score (nSPS) is 21.9. The van der Waals surface area contributed by atoms with Crippen molar-refractivity contribution in [3.8, 4) is 0 Å². The van der Waals surface area contributed by atoms with Gasteiger partial charge in [0.2, 0.25) is 5.91 Å². The minimum atomic E-state index is 0. The molecular formula is C12H21Cl2N3OS. The highest BCUT2D eigenvalue weighted by molar-refractivity contribution is 7.07. The van der Waals surface area contributed by atoms with Gasteiger partial charge in [-0.1, -0.05) is 0 Å². The molecule has 1 amide bonds. The van der Waals surface area contributed by atoms with Crippen LogP contribution in [0.3, 0.4) is 0 Å². The number of piperidine rings is 1. The van der Waals surface area contributed by atoms with Gasteiger partial charge in [0.1, 0.15) is 0 Å². The van der Waals surface area contributed by atoms with E-state index >= 15 is 0 Å². The van der Waals surface area contributed by atoms with Gasteiger partial charge < -0.3 is 10.6 Å². The second-order valence-electron chi connectivity index (χ2n) is 4.54. The predicted molar refractivity (Wildman–Crippen MR) is 83.6 cm³/mol. The molecule has 1 aliphatic rings. The number of aromatic nitrogens is 1. The smallest absolute Gasteiger partial charge is 0.220 e. The first-order valence-electron chi connectivity index (χ1n) is 6.15. The number of carbonyl (C=O) groups excluding carboxylic acids is 1. The zero-order valence-corrected chi connectivity index (χ0v) is 13.4. The Morgan fingerprint density at radius 3 is 3.00 bits per heavy atom. The standard InChI is InChI=1S/C12H19N3OS.2ClH/c1-9-11(3-2-6-13-9)15-12(16)5-4-10-7-17-8-14-10;;/h7-9,11,13H,2-6H2,1H3,(H,15,16);2*1H. The molecule has 7 heteroatoms. The second-order valence-corrected chi connectivity index (χ2v) is 5.26. The summed E-state index contributed by atoms with van der Waals surface area (Å²) in [4.78, 5) is 16.0. The van der Waals surface area contributed by atoms with Crippen LogP contribution in [0, 0.1) is 0 Å². The van der Waals surface area contributed by atoms with Crippen LogP contribution in [0.5, 0.6) is 0 Å². The molecule has 0 spiro atoms. The zero-order chi connectivity index (χ0) is 12.1. The molecular weight excluding hydrogens is 305 g/mol. The Morgan fingerprint density at radius 2 is 2.37 bits per heavy atom. The van der Waals surface area contributed by atoms with Crippen molar-refractivity contribution in [1.82, 2.24) is 15.6 Å². The Kier molecular flexibility index (Phi) is 9.35. The number of nitrogens with zero attached hydrogens (tertiary/aromatic N) is 1. The van der Waals surface area contributed by atoms with Crippen LogP contribution in [-0.2, 0) is 11.2 Å². The largest absolute Gasteiger partial charge is 0.352 e. The van der Waals surface area contributed by atoms with Crippen molar-refractivity contribution in [2.45, 2.75) is 44.7 Å². The number of halogens is 2. The third kappa shape index (κ3) is 6.08. The van der Waals surface area contributed by atoms with Crippen LogP contribution in [-0.4, -0.2) is 29.5 Å². The molecule has 2 N–H and O–H groups in total. The lowest BCUT2D eigenvalue weighted by Crippen LogP contribution is -2.51. The number of hydrogen-bond donors (Lipinski definition) is 2. The number of nitrogens with one attached hydrogen (secondary N) is 2. The number of hydrogen-bond acceptors (Lipinski definition) is 4. The molecule has 4 nitrogen and oxygen atoms in total. The fraction of sp³-hybridized carbons (Fsp3) is 0.667. The van der Waals surface area contributed by atoms with E-state index < -0.39 is 0 Å². The average molecular weight is 326 g/mol. The minimum absolute atomic E-state index is 0. The Bertz CT molecular complexity index is 362. The van der Waals surface area contributed by atoms with E-state index in [-0.39, 0.29) is 36.8 Å². The van der Waals surface area contributed by atoms with Gasteiger partial charge in [-0.15, -0.1) is 36.2 Å². The van der Waals surface area contributed by atoms with Gasteiger partial charge in [0, 0.05) is 23.9 Å². The maximum atomic E-state index is 11.8. The molecule has 2 unspecified atom stereocenters. The van der Waals surface area contributed by atoms with Gasteiger partial charge in [-0.05, 0) is 32.7 Å². The van der Waals surface area contributed by atoms with Crippen LogP contribution in [0.2, 0.25) is 0 Å². The fourth-order valence-corrected chi connectivity index (χ4v) is 2.72. The zero-order valence-electron chi connectivity index (χ0n) is 10.9. The lowest BCUT2D eigenvalue weighted by molar-refractivity contribution is -0.122. The van der Waals surface area contributed by atoms with Crippen molar-refractivity contribution < 1.29 is 4.79 Å². The first-order valence-corrected chi connectivity index (χ1v) is 7.10. The van der Waals surface area contributed by atoms with Gasteiger partial charge in [0.15, 0.2) is 0 Å². The van der Waals surface area contributed by atoms with Crippen LogP contribution in [0.4, 0.5) is 0 Å². The first kappa shape index (κ1) is 18.6. The Hall–Kier alpha value is -0.360. The molecule has 1 aromatic heterocycles. The van der Waals surface area contributed by atoms with Gasteiger partial charge in [0.05, 0.1) is 11.2 Å². The SMILES string of the molecule is CC1NCCCC1NC(=O)CCc1cscn1.Cl.Cl. The van der Waals surface area contributed by atoms with E-state index in [2.05, 4.69) is 22.5 Å². The highest BCUT2D eigenvalue weighted by atomic mass is 35.5. The fourth-order valence-electron chi connectivity index (χ4n) is 2.12. The molecule has 0 aliphatic carbocycles. The molecule has 110 valence electrons. The summed E-state index contributed by atoms with van der Waals surface area (Å²) in [5, 5.41) is 8.48. The molecule has 1 fully saturated rings. The van der Waals surface area contributed by atoms with Crippen LogP contribution in [0.1, 0.15) is 31.9 Å². The van der Waals surface area contributed by atoms with E-state index in [1.807, 2.05) is 5.38 Å². The lowest BCUT2D eigenvalue weighted by atomic mass is 9.99. The molecule has 0 aromatic carbocycles. The van der Waals surface area contributed by atoms with Gasteiger partial charge >= 0.3 is 0 Å². The minimum Gasteiger partial charge on any atom is -0.352 e. The summed E-state index contributed by atoms with van der Waals surface area (Å²) >= 11 is 1.57. The van der Waals surface area contributed by atoms with Crippen LogP contribution in [0.15, 0.2) is 10.9 Å². The Balaban J connectivity index is 0.00000162. The predicted octanol–water partition coefficient (Wildman–Crippen LogP) is 2.18. The third-order valence-electron chi connectivity index (χ3n) is 3.20. The number of carbonyl (C=O) groups is 1. The van der Waals surface area contributed by atoms with Crippen molar-refractivity contribution in [3.05, 3.63) is 16.6 Å². The summed E-state index contributed by atoms with van der Waals surface area (Å²) in [6.07, 6.45) is 3.49. The molecule has 1 saturated heterocycles. The summed E-state index contributed by atoms with van der Waals surface area (Å²) in [5.41, 5.74) is 2.82. The van der Waals surface area contributed by atoms with Crippen molar-refractivity contribution in [2.75, 3.05) is 6.54 Å². The molecule has 0 radical (unpaired) electrons. The highest BCUT2D eigenvalue weighted by Gasteiger charge is 2.21. The lowest BCUT2D eigenvalue weighted by Gasteiger charge is -2.30. The van der Waals surface area contributed by atoms with E-state index in [1.165, 1.54) is 0 Å². The molecule has 2 rings (SSSR count). The number of rotatable bonds is 4. The van der Waals surface area contributed by atoms with Crippen molar-refractivity contribution >= 4 is 42.1 Å². The monoisotopic (exact) mass is 325 g/mol. The van der Waals surface area contributed by atoms with Crippen LogP contribution >= 0.6 is 36.2 Å². The average Bonchev–Trinajstić information content (AvgIpc) is 2.82. The summed E-state index contributed by atoms with van der Waals surface area (Å²) in [7, 11) is 0. The summed E-state index contributed by atoms with van der Waals surface area (Å²) < 4.78 is 0. The van der Waals surface area contributed by atoms with Crippen LogP contribution in [0.25, 0.3) is 0 Å². The van der Waals surface area contributed by atoms with Gasteiger partial charge in [-0.25, -0.2) is 4.98 Å². The Morgan fingerprint density at radius 1 is 1.58 bits per heavy atom. The topological polar surface area (TPSA) is 54.0 Å². The van der Waals surface area contributed by atoms with Gasteiger partial charge in [-0.3, -0.25) is 4.79 Å². The van der Waals surface area contributed by atoms with Crippen molar-refractivity contribution in [2.24, 2.45) is 0 Å². The third-order valence-corrected chi connectivity index (χ3v) is 3.84. The maximum absolute atomic E-state index is 11.8. The number of thiazole rings is 1. The van der Waals surface area contributed by atoms with E-state index in [9.17, 15) is 4.79 Å². The molecule has 1 aliphatic heterocycles. The van der Waals surface area contributed by atoms with Gasteiger partial charge in [-0.2, -0.15) is 0 Å².